The summed E-state index contributed by atoms with van der Waals surface area (Å²) in [5.74, 6) is -0.204. The van der Waals surface area contributed by atoms with Crippen LogP contribution in [0.2, 0.25) is 10.0 Å². The van der Waals surface area contributed by atoms with Crippen LogP contribution in [0.3, 0.4) is 0 Å². The van der Waals surface area contributed by atoms with Crippen molar-refractivity contribution >= 4 is 29.1 Å². The first-order valence-electron chi connectivity index (χ1n) is 6.02. The molecule has 19 heavy (non-hydrogen) atoms. The van der Waals surface area contributed by atoms with E-state index in [9.17, 15) is 15.0 Å². The van der Waals surface area contributed by atoms with Gasteiger partial charge in [-0.25, -0.2) is 0 Å². The molecule has 0 radical (unpaired) electrons. The van der Waals surface area contributed by atoms with E-state index in [-0.39, 0.29) is 30.5 Å². The van der Waals surface area contributed by atoms with Crippen molar-refractivity contribution in [1.29, 1.82) is 0 Å². The summed E-state index contributed by atoms with van der Waals surface area (Å²) < 4.78 is 0. The summed E-state index contributed by atoms with van der Waals surface area (Å²) in [5, 5.41) is 19.9. The molecule has 0 saturated carbocycles. The fraction of sp³-hybridized carbons (Fsp3) is 0.462. The largest absolute Gasteiger partial charge is 0.508 e. The number of aliphatic hydroxyl groups is 1. The fourth-order valence-electron chi connectivity index (χ4n) is 2.41. The lowest BCUT2D eigenvalue weighted by molar-refractivity contribution is -0.128. The molecule has 2 rings (SSSR count). The van der Waals surface area contributed by atoms with Gasteiger partial charge in [0.15, 0.2) is 0 Å². The van der Waals surface area contributed by atoms with Gasteiger partial charge in [0.05, 0.1) is 16.1 Å². The third kappa shape index (κ3) is 2.96. The van der Waals surface area contributed by atoms with Crippen LogP contribution in [0.25, 0.3) is 0 Å². The minimum Gasteiger partial charge on any atom is -0.508 e. The first-order valence-corrected chi connectivity index (χ1v) is 6.78. The minimum atomic E-state index is -0.578. The zero-order chi connectivity index (χ0) is 14.2. The van der Waals surface area contributed by atoms with Crippen molar-refractivity contribution in [2.24, 2.45) is 0 Å². The van der Waals surface area contributed by atoms with Gasteiger partial charge in [0.25, 0.3) is 0 Å². The number of aromatic hydroxyl groups is 1. The molecule has 1 aromatic rings. The number of hydrogen-bond acceptors (Lipinski definition) is 3. The molecular weight excluding hydrogens is 289 g/mol. The lowest BCUT2D eigenvalue weighted by Crippen LogP contribution is -2.32. The number of rotatable bonds is 3. The van der Waals surface area contributed by atoms with Gasteiger partial charge in [0, 0.05) is 31.0 Å². The van der Waals surface area contributed by atoms with E-state index in [4.69, 9.17) is 23.2 Å². The molecule has 2 N–H and O–H groups in total. The van der Waals surface area contributed by atoms with Gasteiger partial charge in [0.2, 0.25) is 5.91 Å². The van der Waals surface area contributed by atoms with Crippen molar-refractivity contribution in [3.8, 4) is 5.75 Å². The minimum absolute atomic E-state index is 0.0473. The molecule has 1 aliphatic rings. The van der Waals surface area contributed by atoms with Gasteiger partial charge in [-0.15, -0.1) is 0 Å². The third-order valence-electron chi connectivity index (χ3n) is 3.22. The Morgan fingerprint density at radius 1 is 1.47 bits per heavy atom. The van der Waals surface area contributed by atoms with E-state index in [0.717, 1.165) is 0 Å². The second-order valence-corrected chi connectivity index (χ2v) is 5.63. The van der Waals surface area contributed by atoms with Crippen LogP contribution in [-0.4, -0.2) is 40.2 Å². The predicted molar refractivity (Wildman–Crippen MR) is 73.7 cm³/mol. The molecule has 1 fully saturated rings. The number of carbonyl (C=O) groups is 1. The highest BCUT2D eigenvalue weighted by atomic mass is 35.5. The molecule has 0 spiro atoms. The molecule has 0 unspecified atom stereocenters. The molecular formula is C13H15Cl2NO3. The van der Waals surface area contributed by atoms with Crippen LogP contribution in [0.4, 0.5) is 0 Å². The first-order chi connectivity index (χ1) is 8.90. The number of halogens is 2. The third-order valence-corrected chi connectivity index (χ3v) is 4.04. The molecule has 2 atom stereocenters. The van der Waals surface area contributed by atoms with E-state index < -0.39 is 6.10 Å². The molecule has 1 aromatic carbocycles. The highest BCUT2D eigenvalue weighted by molar-refractivity contribution is 6.42. The van der Waals surface area contributed by atoms with Gasteiger partial charge in [-0.3, -0.25) is 4.79 Å². The van der Waals surface area contributed by atoms with Crippen LogP contribution in [0.1, 0.15) is 24.8 Å². The van der Waals surface area contributed by atoms with Gasteiger partial charge in [-0.2, -0.15) is 0 Å². The predicted octanol–water partition coefficient (Wildman–Crippen LogP) is 2.40. The normalized spacial score (nSPS) is 20.9. The summed E-state index contributed by atoms with van der Waals surface area (Å²) >= 11 is 12.0. The topological polar surface area (TPSA) is 60.8 Å². The van der Waals surface area contributed by atoms with Crippen LogP contribution in [0, 0.1) is 0 Å². The molecule has 4 nitrogen and oxygen atoms in total. The summed E-state index contributed by atoms with van der Waals surface area (Å²) in [5.41, 5.74) is 0.510. The Kier molecular flexibility index (Phi) is 4.23. The average Bonchev–Trinajstić information content (AvgIpc) is 2.65. The number of nitrogens with zero attached hydrogens (tertiary/aromatic N) is 1. The van der Waals surface area contributed by atoms with Crippen LogP contribution in [0.5, 0.6) is 5.75 Å². The molecule has 6 heteroatoms. The molecule has 1 amide bonds. The van der Waals surface area contributed by atoms with Gasteiger partial charge in [-0.05, 0) is 19.1 Å². The van der Waals surface area contributed by atoms with Crippen molar-refractivity contribution in [3.05, 3.63) is 27.7 Å². The lowest BCUT2D eigenvalue weighted by atomic mass is 9.97. The molecule has 1 aliphatic heterocycles. The summed E-state index contributed by atoms with van der Waals surface area (Å²) in [6, 6.07) is 3.00. The number of phenols is 1. The number of phenolic OH excluding ortho intramolecular Hbond substituents is 1. The Morgan fingerprint density at radius 3 is 2.79 bits per heavy atom. The number of likely N-dealkylation sites (tertiary alicyclic amines) is 1. The van der Waals surface area contributed by atoms with Crippen molar-refractivity contribution < 1.29 is 15.0 Å². The summed E-state index contributed by atoms with van der Waals surface area (Å²) in [6.07, 6.45) is -0.313. The van der Waals surface area contributed by atoms with Crippen molar-refractivity contribution in [2.75, 3.05) is 13.1 Å². The SMILES string of the molecule is C[C@@H](O)CN1C[C@H](c2c(O)ccc(Cl)c2Cl)CC1=O. The van der Waals surface area contributed by atoms with E-state index in [2.05, 4.69) is 0 Å². The van der Waals surface area contributed by atoms with E-state index in [1.807, 2.05) is 0 Å². The monoisotopic (exact) mass is 303 g/mol. The Balaban J connectivity index is 2.25. The van der Waals surface area contributed by atoms with E-state index in [1.54, 1.807) is 11.8 Å². The quantitative estimate of drug-likeness (QED) is 0.901. The van der Waals surface area contributed by atoms with E-state index in [1.165, 1.54) is 12.1 Å². The van der Waals surface area contributed by atoms with Crippen LogP contribution in [-0.2, 0) is 4.79 Å². The Bertz CT molecular complexity index is 505. The van der Waals surface area contributed by atoms with Crippen LogP contribution in [0.15, 0.2) is 12.1 Å². The highest BCUT2D eigenvalue weighted by Crippen LogP contribution is 2.41. The standard InChI is InChI=1S/C13H15Cl2NO3/c1-7(17)5-16-6-8(4-11(16)19)12-10(18)3-2-9(14)13(12)15/h2-3,7-8,17-18H,4-6H2,1H3/t7-,8-/m1/s1. The zero-order valence-electron chi connectivity index (χ0n) is 10.4. The first kappa shape index (κ1) is 14.4. The summed E-state index contributed by atoms with van der Waals surface area (Å²) in [7, 11) is 0. The summed E-state index contributed by atoms with van der Waals surface area (Å²) in [4.78, 5) is 13.4. The Morgan fingerprint density at radius 2 is 2.16 bits per heavy atom. The Hall–Kier alpha value is -0.970. The van der Waals surface area contributed by atoms with Crippen LogP contribution >= 0.6 is 23.2 Å². The van der Waals surface area contributed by atoms with Crippen molar-refractivity contribution in [3.63, 3.8) is 0 Å². The van der Waals surface area contributed by atoms with Gasteiger partial charge < -0.3 is 15.1 Å². The molecule has 0 aliphatic carbocycles. The number of aliphatic hydroxyl groups excluding tert-OH is 1. The fourth-order valence-corrected chi connectivity index (χ4v) is 2.88. The lowest BCUT2D eigenvalue weighted by Gasteiger charge is -2.19. The van der Waals surface area contributed by atoms with E-state index >= 15 is 0 Å². The number of benzene rings is 1. The number of carbonyl (C=O) groups excluding carboxylic acids is 1. The molecule has 0 aromatic heterocycles. The number of amides is 1. The number of β-amino-alcohol motifs (C(OH)–C–C–N with tert-alkyl or cyclic N) is 1. The average molecular weight is 304 g/mol. The second kappa shape index (κ2) is 5.57. The smallest absolute Gasteiger partial charge is 0.223 e. The molecule has 0 bridgehead atoms. The molecule has 1 heterocycles. The van der Waals surface area contributed by atoms with Gasteiger partial charge >= 0.3 is 0 Å². The van der Waals surface area contributed by atoms with Gasteiger partial charge in [0.1, 0.15) is 5.75 Å². The molecule has 104 valence electrons. The number of hydrogen-bond donors (Lipinski definition) is 2. The van der Waals surface area contributed by atoms with Gasteiger partial charge in [-0.1, -0.05) is 23.2 Å². The maximum Gasteiger partial charge on any atom is 0.223 e. The molecule has 1 saturated heterocycles. The van der Waals surface area contributed by atoms with Crippen molar-refractivity contribution in [1.82, 2.24) is 4.90 Å². The maximum absolute atomic E-state index is 11.9. The van der Waals surface area contributed by atoms with E-state index in [0.29, 0.717) is 22.2 Å². The van der Waals surface area contributed by atoms with Crippen LogP contribution < -0.4 is 0 Å². The maximum atomic E-state index is 11.9. The van der Waals surface area contributed by atoms with Crippen molar-refractivity contribution in [2.45, 2.75) is 25.4 Å². The second-order valence-electron chi connectivity index (χ2n) is 4.84. The highest BCUT2D eigenvalue weighted by Gasteiger charge is 2.34. The summed E-state index contributed by atoms with van der Waals surface area (Å²) in [6.45, 7) is 2.34. The Labute approximate surface area is 121 Å². The zero-order valence-corrected chi connectivity index (χ0v) is 11.9.